The van der Waals surface area contributed by atoms with Crippen molar-refractivity contribution in [3.8, 4) is 0 Å². The highest BCUT2D eigenvalue weighted by molar-refractivity contribution is 7.12. The summed E-state index contributed by atoms with van der Waals surface area (Å²) in [7, 11) is 2.12. The summed E-state index contributed by atoms with van der Waals surface area (Å²) < 4.78 is 0. The lowest BCUT2D eigenvalue weighted by Gasteiger charge is -2.35. The molecule has 5 nitrogen and oxygen atoms in total. The van der Waals surface area contributed by atoms with E-state index in [-0.39, 0.29) is 11.9 Å². The number of anilines is 1. The van der Waals surface area contributed by atoms with Crippen LogP contribution in [0, 0.1) is 0 Å². The normalized spacial score (nSPS) is 17.2. The predicted molar refractivity (Wildman–Crippen MR) is 80.2 cm³/mol. The highest BCUT2D eigenvalue weighted by Crippen LogP contribution is 2.25. The Hall–Kier alpha value is -1.66. The van der Waals surface area contributed by atoms with Gasteiger partial charge in [-0.2, -0.15) is 5.10 Å². The molecule has 1 aliphatic heterocycles. The van der Waals surface area contributed by atoms with Gasteiger partial charge in [-0.3, -0.25) is 14.8 Å². The van der Waals surface area contributed by atoms with Crippen LogP contribution >= 0.6 is 11.3 Å². The van der Waals surface area contributed by atoms with Crippen molar-refractivity contribution in [2.75, 3.05) is 25.0 Å². The average molecular weight is 290 g/mol. The maximum atomic E-state index is 12.8. The van der Waals surface area contributed by atoms with E-state index in [9.17, 15) is 4.79 Å². The molecule has 0 unspecified atom stereocenters. The monoisotopic (exact) mass is 290 g/mol. The number of hydrogen-bond acceptors (Lipinski definition) is 4. The van der Waals surface area contributed by atoms with Gasteiger partial charge in [0.2, 0.25) is 0 Å². The molecule has 0 saturated carbocycles. The Bertz CT molecular complexity index is 544. The third-order valence-electron chi connectivity index (χ3n) is 3.74. The summed E-state index contributed by atoms with van der Waals surface area (Å²) in [4.78, 5) is 17.7. The number of carbonyl (C=O) groups is 1. The van der Waals surface area contributed by atoms with Gasteiger partial charge < -0.3 is 4.90 Å². The van der Waals surface area contributed by atoms with Crippen molar-refractivity contribution in [3.05, 3.63) is 34.7 Å². The Morgan fingerprint density at radius 2 is 2.25 bits per heavy atom. The first-order valence-electron chi connectivity index (χ1n) is 6.81. The number of likely N-dealkylation sites (tertiary alicyclic amines) is 1. The van der Waals surface area contributed by atoms with Gasteiger partial charge in [-0.05, 0) is 44.4 Å². The molecule has 1 amide bonds. The summed E-state index contributed by atoms with van der Waals surface area (Å²) in [6.07, 6.45) is 3.74. The third kappa shape index (κ3) is 2.62. The number of hydrogen-bond donors (Lipinski definition) is 1. The SMILES string of the molecule is CN1CCC(N(C(=O)c2cccs2)c2cc[nH]n2)CC1. The summed E-state index contributed by atoms with van der Waals surface area (Å²) in [5.74, 6) is 0.777. The number of carbonyl (C=O) groups excluding carboxylic acids is 1. The number of nitrogens with one attached hydrogen (secondary N) is 1. The summed E-state index contributed by atoms with van der Waals surface area (Å²) in [5.41, 5.74) is 0. The molecule has 1 N–H and O–H groups in total. The molecular formula is C14H18N4OS. The van der Waals surface area contributed by atoms with Gasteiger partial charge in [-0.1, -0.05) is 6.07 Å². The highest BCUT2D eigenvalue weighted by atomic mass is 32.1. The van der Waals surface area contributed by atoms with E-state index in [1.807, 2.05) is 28.5 Å². The fourth-order valence-electron chi connectivity index (χ4n) is 2.62. The molecule has 1 fully saturated rings. The van der Waals surface area contributed by atoms with Crippen LogP contribution in [0.25, 0.3) is 0 Å². The van der Waals surface area contributed by atoms with E-state index in [4.69, 9.17) is 0 Å². The Morgan fingerprint density at radius 3 is 2.85 bits per heavy atom. The van der Waals surface area contributed by atoms with E-state index in [0.29, 0.717) is 0 Å². The van der Waals surface area contributed by atoms with E-state index < -0.39 is 0 Å². The van der Waals surface area contributed by atoms with E-state index in [1.165, 1.54) is 11.3 Å². The quantitative estimate of drug-likeness (QED) is 0.943. The maximum absolute atomic E-state index is 12.8. The molecule has 0 bridgehead atoms. The second kappa shape index (κ2) is 5.76. The summed E-state index contributed by atoms with van der Waals surface area (Å²) in [6, 6.07) is 5.88. The van der Waals surface area contributed by atoms with Crippen LogP contribution in [0.1, 0.15) is 22.5 Å². The predicted octanol–water partition coefficient (Wildman–Crippen LogP) is 2.21. The van der Waals surface area contributed by atoms with Crippen molar-refractivity contribution < 1.29 is 4.79 Å². The van der Waals surface area contributed by atoms with Crippen molar-refractivity contribution in [2.45, 2.75) is 18.9 Å². The Kier molecular flexibility index (Phi) is 3.84. The largest absolute Gasteiger partial charge is 0.306 e. The van der Waals surface area contributed by atoms with Crippen molar-refractivity contribution in [3.63, 3.8) is 0 Å². The maximum Gasteiger partial charge on any atom is 0.269 e. The minimum absolute atomic E-state index is 0.0571. The first-order chi connectivity index (χ1) is 9.75. The van der Waals surface area contributed by atoms with Crippen LogP contribution in [0.5, 0.6) is 0 Å². The molecule has 0 radical (unpaired) electrons. The van der Waals surface area contributed by atoms with Crippen LogP contribution in [-0.2, 0) is 0 Å². The smallest absolute Gasteiger partial charge is 0.269 e. The van der Waals surface area contributed by atoms with Crippen LogP contribution in [0.2, 0.25) is 0 Å². The third-order valence-corrected chi connectivity index (χ3v) is 4.59. The molecule has 0 aromatic carbocycles. The van der Waals surface area contributed by atoms with Gasteiger partial charge in [-0.25, -0.2) is 0 Å². The van der Waals surface area contributed by atoms with Crippen LogP contribution in [-0.4, -0.2) is 47.2 Å². The van der Waals surface area contributed by atoms with Crippen LogP contribution in [0.3, 0.4) is 0 Å². The molecule has 1 saturated heterocycles. The standard InChI is InChI=1S/C14H18N4OS/c1-17-8-5-11(6-9-17)18(13-4-7-15-16-13)14(19)12-3-2-10-20-12/h2-4,7,10-11H,5-6,8-9H2,1H3,(H,15,16). The fraction of sp³-hybridized carbons (Fsp3) is 0.429. The zero-order valence-corrected chi connectivity index (χ0v) is 12.3. The molecule has 6 heteroatoms. The number of aromatic amines is 1. The topological polar surface area (TPSA) is 52.2 Å². The van der Waals surface area contributed by atoms with E-state index in [1.54, 1.807) is 6.20 Å². The molecule has 1 aliphatic rings. The van der Waals surface area contributed by atoms with Crippen molar-refractivity contribution >= 4 is 23.1 Å². The van der Waals surface area contributed by atoms with Crippen molar-refractivity contribution in [2.24, 2.45) is 0 Å². The number of rotatable bonds is 3. The van der Waals surface area contributed by atoms with Gasteiger partial charge in [0.05, 0.1) is 4.88 Å². The molecule has 2 aromatic rings. The fourth-order valence-corrected chi connectivity index (χ4v) is 3.28. The lowest BCUT2D eigenvalue weighted by atomic mass is 10.0. The molecule has 0 spiro atoms. The van der Waals surface area contributed by atoms with Gasteiger partial charge in [0.25, 0.3) is 5.91 Å². The average Bonchev–Trinajstić information content (AvgIpc) is 3.13. The molecule has 20 heavy (non-hydrogen) atoms. The first-order valence-corrected chi connectivity index (χ1v) is 7.69. The molecule has 106 valence electrons. The number of amides is 1. The zero-order chi connectivity index (χ0) is 13.9. The Labute approximate surface area is 122 Å². The minimum Gasteiger partial charge on any atom is -0.306 e. The van der Waals surface area contributed by atoms with Gasteiger partial charge >= 0.3 is 0 Å². The number of H-pyrrole nitrogens is 1. The molecule has 2 aromatic heterocycles. The van der Waals surface area contributed by atoms with Gasteiger partial charge in [0.15, 0.2) is 5.82 Å². The lowest BCUT2D eigenvalue weighted by Crippen LogP contribution is -2.46. The number of piperidine rings is 1. The van der Waals surface area contributed by atoms with E-state index in [2.05, 4.69) is 22.1 Å². The summed E-state index contributed by atoms with van der Waals surface area (Å²) in [5, 5.41) is 8.96. The first kappa shape index (κ1) is 13.3. The van der Waals surface area contributed by atoms with Gasteiger partial charge in [0.1, 0.15) is 0 Å². The van der Waals surface area contributed by atoms with Crippen molar-refractivity contribution in [1.82, 2.24) is 15.1 Å². The summed E-state index contributed by atoms with van der Waals surface area (Å²) >= 11 is 1.48. The minimum atomic E-state index is 0.0571. The number of thiophene rings is 1. The highest BCUT2D eigenvalue weighted by Gasteiger charge is 2.30. The number of aromatic nitrogens is 2. The lowest BCUT2D eigenvalue weighted by molar-refractivity contribution is 0.0966. The molecule has 3 rings (SSSR count). The molecular weight excluding hydrogens is 272 g/mol. The van der Waals surface area contributed by atoms with Crippen LogP contribution < -0.4 is 4.90 Å². The second-order valence-corrected chi connectivity index (χ2v) is 6.07. The Balaban J connectivity index is 1.87. The molecule has 0 atom stereocenters. The van der Waals surface area contributed by atoms with Crippen molar-refractivity contribution in [1.29, 1.82) is 0 Å². The number of nitrogens with zero attached hydrogens (tertiary/aromatic N) is 3. The zero-order valence-electron chi connectivity index (χ0n) is 11.5. The molecule has 3 heterocycles. The van der Waals surface area contributed by atoms with E-state index >= 15 is 0 Å². The summed E-state index contributed by atoms with van der Waals surface area (Å²) in [6.45, 7) is 2.03. The van der Waals surface area contributed by atoms with Crippen LogP contribution in [0.4, 0.5) is 5.82 Å². The molecule has 0 aliphatic carbocycles. The van der Waals surface area contributed by atoms with Gasteiger partial charge in [0, 0.05) is 18.3 Å². The Morgan fingerprint density at radius 1 is 1.45 bits per heavy atom. The van der Waals surface area contributed by atoms with Gasteiger partial charge in [-0.15, -0.1) is 11.3 Å². The second-order valence-electron chi connectivity index (χ2n) is 5.12. The van der Waals surface area contributed by atoms with Crippen LogP contribution in [0.15, 0.2) is 29.8 Å². The van der Waals surface area contributed by atoms with E-state index in [0.717, 1.165) is 36.6 Å².